The minimum absolute atomic E-state index is 0.375. The monoisotopic (exact) mass is 382 g/mol. The van der Waals surface area contributed by atoms with Crippen LogP contribution in [0.4, 0.5) is 0 Å². The molecule has 0 aliphatic rings. The number of fused-ring (bicyclic) bond motifs is 1. The summed E-state index contributed by atoms with van der Waals surface area (Å²) in [6, 6.07) is 17.9. The average molecular weight is 383 g/mol. The van der Waals surface area contributed by atoms with Gasteiger partial charge in [-0.05, 0) is 35.0 Å². The first-order valence-corrected chi connectivity index (χ1v) is 9.01. The van der Waals surface area contributed by atoms with Crippen molar-refractivity contribution in [2.75, 3.05) is 0 Å². The zero-order valence-corrected chi connectivity index (χ0v) is 15.4. The number of H-pyrrole nitrogens is 1. The van der Waals surface area contributed by atoms with Gasteiger partial charge in [-0.25, -0.2) is 4.98 Å². The van der Waals surface area contributed by atoms with Crippen LogP contribution in [-0.2, 0) is 13.0 Å². The van der Waals surface area contributed by atoms with E-state index in [2.05, 4.69) is 34.2 Å². The van der Waals surface area contributed by atoms with E-state index in [-0.39, 0.29) is 0 Å². The summed E-state index contributed by atoms with van der Waals surface area (Å²) in [6.45, 7) is 0.375. The fraction of sp³-hybridized carbons (Fsp3) is 0.0952. The molecule has 1 aromatic heterocycles. The summed E-state index contributed by atoms with van der Waals surface area (Å²) in [4.78, 5) is 7.48. The molecular weight excluding hydrogens is 367 g/mol. The van der Waals surface area contributed by atoms with E-state index in [1.165, 1.54) is 5.39 Å². The molecule has 0 saturated heterocycles. The molecule has 0 atom stereocenters. The van der Waals surface area contributed by atoms with Crippen molar-refractivity contribution >= 4 is 34.0 Å². The highest BCUT2D eigenvalue weighted by Crippen LogP contribution is 2.29. The molecule has 0 amide bonds. The Morgan fingerprint density at radius 1 is 0.923 bits per heavy atom. The van der Waals surface area contributed by atoms with Crippen LogP contribution in [0.3, 0.4) is 0 Å². The smallest absolute Gasteiger partial charge is 0.124 e. The van der Waals surface area contributed by atoms with E-state index in [1.807, 2.05) is 30.5 Å². The third-order valence-corrected chi connectivity index (χ3v) is 4.83. The maximum Gasteiger partial charge on any atom is 0.124 e. The normalized spacial score (nSPS) is 11.0. The number of hydrogen-bond acceptors (Lipinski definition) is 2. The number of rotatable bonds is 5. The molecule has 0 fully saturated rings. The molecule has 0 saturated carbocycles. The van der Waals surface area contributed by atoms with Crippen molar-refractivity contribution in [2.45, 2.75) is 13.0 Å². The van der Waals surface area contributed by atoms with Crippen molar-refractivity contribution in [1.29, 1.82) is 0 Å². The minimum atomic E-state index is 0.375. The van der Waals surface area contributed by atoms with Crippen LogP contribution < -0.4 is 4.74 Å². The third kappa shape index (κ3) is 3.69. The predicted molar refractivity (Wildman–Crippen MR) is 106 cm³/mol. The number of halogens is 2. The number of benzene rings is 3. The topological polar surface area (TPSA) is 37.9 Å². The number of imidazole rings is 1. The molecule has 0 bridgehead atoms. The quantitative estimate of drug-likeness (QED) is 0.456. The first-order valence-electron chi connectivity index (χ1n) is 8.26. The second-order valence-corrected chi connectivity index (χ2v) is 6.89. The average Bonchev–Trinajstić information content (AvgIpc) is 3.14. The number of hydrogen-bond donors (Lipinski definition) is 1. The van der Waals surface area contributed by atoms with Crippen LogP contribution in [0.2, 0.25) is 10.0 Å². The highest BCUT2D eigenvalue weighted by molar-refractivity contribution is 6.35. The summed E-state index contributed by atoms with van der Waals surface area (Å²) >= 11 is 12.2. The van der Waals surface area contributed by atoms with Crippen LogP contribution in [-0.4, -0.2) is 9.97 Å². The van der Waals surface area contributed by atoms with Gasteiger partial charge in [0, 0.05) is 40.0 Å². The summed E-state index contributed by atoms with van der Waals surface area (Å²) in [5, 5.41) is 3.52. The standard InChI is InChI=1S/C21H16Cl2N2O/c22-18-6-5-16(19(23)12-18)13-26-20-10-15-4-2-1-3-14(15)9-17(20)11-21-24-7-8-25-21/h1-10,12H,11,13H2,(H,24,25). The highest BCUT2D eigenvalue weighted by Gasteiger charge is 2.10. The maximum absolute atomic E-state index is 6.27. The maximum atomic E-state index is 6.27. The van der Waals surface area contributed by atoms with Gasteiger partial charge in [-0.15, -0.1) is 0 Å². The first kappa shape index (κ1) is 17.0. The Balaban J connectivity index is 1.67. The number of ether oxygens (including phenoxy) is 1. The van der Waals surface area contributed by atoms with Gasteiger partial charge >= 0.3 is 0 Å². The van der Waals surface area contributed by atoms with E-state index in [9.17, 15) is 0 Å². The zero-order valence-electron chi connectivity index (χ0n) is 13.9. The molecule has 0 aliphatic heterocycles. The van der Waals surface area contributed by atoms with Gasteiger partial charge in [0.2, 0.25) is 0 Å². The van der Waals surface area contributed by atoms with Crippen molar-refractivity contribution < 1.29 is 4.74 Å². The summed E-state index contributed by atoms with van der Waals surface area (Å²) in [5.41, 5.74) is 1.97. The SMILES string of the molecule is Clc1ccc(COc2cc3ccccc3cc2Cc2ncc[nH]2)c(Cl)c1. The lowest BCUT2D eigenvalue weighted by Gasteiger charge is -2.14. The lowest BCUT2D eigenvalue weighted by molar-refractivity contribution is 0.304. The van der Waals surface area contributed by atoms with E-state index in [0.717, 1.165) is 28.1 Å². The van der Waals surface area contributed by atoms with E-state index in [0.29, 0.717) is 23.1 Å². The van der Waals surface area contributed by atoms with Gasteiger partial charge in [-0.1, -0.05) is 53.5 Å². The Hall–Kier alpha value is -2.49. The molecule has 3 nitrogen and oxygen atoms in total. The number of nitrogens with one attached hydrogen (secondary N) is 1. The van der Waals surface area contributed by atoms with Crippen molar-refractivity contribution in [1.82, 2.24) is 9.97 Å². The third-order valence-electron chi connectivity index (χ3n) is 4.24. The zero-order chi connectivity index (χ0) is 17.9. The molecule has 26 heavy (non-hydrogen) atoms. The van der Waals surface area contributed by atoms with Crippen molar-refractivity contribution in [3.05, 3.63) is 94.0 Å². The van der Waals surface area contributed by atoms with E-state index in [1.54, 1.807) is 12.3 Å². The molecule has 1 N–H and O–H groups in total. The van der Waals surface area contributed by atoms with E-state index >= 15 is 0 Å². The Labute approximate surface area is 161 Å². The van der Waals surface area contributed by atoms with E-state index in [4.69, 9.17) is 27.9 Å². The summed E-state index contributed by atoms with van der Waals surface area (Å²) < 4.78 is 6.13. The number of aromatic nitrogens is 2. The second kappa shape index (κ2) is 7.40. The molecule has 0 unspecified atom stereocenters. The van der Waals surface area contributed by atoms with Crippen molar-refractivity contribution in [2.24, 2.45) is 0 Å². The fourth-order valence-electron chi connectivity index (χ4n) is 2.91. The van der Waals surface area contributed by atoms with Gasteiger partial charge in [0.05, 0.1) is 0 Å². The molecule has 4 rings (SSSR count). The van der Waals surface area contributed by atoms with Crippen LogP contribution >= 0.6 is 23.2 Å². The Kier molecular flexibility index (Phi) is 4.83. The molecule has 5 heteroatoms. The van der Waals surface area contributed by atoms with Crippen LogP contribution in [0.25, 0.3) is 10.8 Å². The van der Waals surface area contributed by atoms with Gasteiger partial charge in [-0.3, -0.25) is 0 Å². The Bertz CT molecular complexity index is 1050. The molecule has 130 valence electrons. The Morgan fingerprint density at radius 3 is 2.46 bits per heavy atom. The van der Waals surface area contributed by atoms with Crippen LogP contribution in [0, 0.1) is 0 Å². The number of nitrogens with zero attached hydrogens (tertiary/aromatic N) is 1. The van der Waals surface area contributed by atoms with Crippen molar-refractivity contribution in [3.63, 3.8) is 0 Å². The lowest BCUT2D eigenvalue weighted by atomic mass is 10.0. The Morgan fingerprint density at radius 2 is 1.73 bits per heavy atom. The molecule has 0 aliphatic carbocycles. The van der Waals surface area contributed by atoms with E-state index < -0.39 is 0 Å². The summed E-state index contributed by atoms with van der Waals surface area (Å²) in [6.07, 6.45) is 4.25. The van der Waals surface area contributed by atoms with Crippen molar-refractivity contribution in [3.8, 4) is 5.75 Å². The second-order valence-electron chi connectivity index (χ2n) is 6.04. The fourth-order valence-corrected chi connectivity index (χ4v) is 3.37. The van der Waals surface area contributed by atoms with Gasteiger partial charge in [-0.2, -0.15) is 0 Å². The van der Waals surface area contributed by atoms with Crippen LogP contribution in [0.15, 0.2) is 67.0 Å². The molecular formula is C21H16Cl2N2O. The largest absolute Gasteiger partial charge is 0.489 e. The van der Waals surface area contributed by atoms with Gasteiger partial charge in [0.1, 0.15) is 18.2 Å². The van der Waals surface area contributed by atoms with Crippen LogP contribution in [0.5, 0.6) is 5.75 Å². The molecule has 0 radical (unpaired) electrons. The molecule has 3 aromatic carbocycles. The van der Waals surface area contributed by atoms with Gasteiger partial charge in [0.25, 0.3) is 0 Å². The molecule has 4 aromatic rings. The van der Waals surface area contributed by atoms with Crippen LogP contribution in [0.1, 0.15) is 17.0 Å². The number of aromatic amines is 1. The minimum Gasteiger partial charge on any atom is -0.489 e. The van der Waals surface area contributed by atoms with Gasteiger partial charge < -0.3 is 9.72 Å². The lowest BCUT2D eigenvalue weighted by Crippen LogP contribution is -2.01. The summed E-state index contributed by atoms with van der Waals surface area (Å²) in [7, 11) is 0. The highest BCUT2D eigenvalue weighted by atomic mass is 35.5. The molecule has 0 spiro atoms. The molecule has 1 heterocycles. The summed E-state index contributed by atoms with van der Waals surface area (Å²) in [5.74, 6) is 1.72. The predicted octanol–water partition coefficient (Wildman–Crippen LogP) is 6.04. The first-order chi connectivity index (χ1) is 12.7. The van der Waals surface area contributed by atoms with Gasteiger partial charge in [0.15, 0.2) is 0 Å².